The van der Waals surface area contributed by atoms with E-state index in [2.05, 4.69) is 16.0 Å². The molecule has 7 amide bonds. The fourth-order valence-corrected chi connectivity index (χ4v) is 8.45. The molecule has 0 bridgehead atoms. The summed E-state index contributed by atoms with van der Waals surface area (Å²) in [5, 5.41) is 8.66. The van der Waals surface area contributed by atoms with Crippen molar-refractivity contribution >= 4 is 65.1 Å². The number of hydrogen-bond acceptors (Lipinski definition) is 12. The Balaban J connectivity index is 2.72. The van der Waals surface area contributed by atoms with Crippen LogP contribution >= 0.6 is 11.6 Å². The molecule has 0 radical (unpaired) electrons. The number of carbonyl (C=O) groups is 9. The quantitative estimate of drug-likeness (QED) is 0.0751. The Hall–Kier alpha value is -5.98. The Morgan fingerprint density at radius 1 is 0.882 bits per heavy atom. The van der Waals surface area contributed by atoms with Crippen molar-refractivity contribution in [1.29, 1.82) is 0 Å². The average molecular weight is 1090 g/mol. The molecule has 1 aromatic rings. The molecule has 1 heterocycles. The van der Waals surface area contributed by atoms with Gasteiger partial charge in [0.25, 0.3) is 5.91 Å². The maximum Gasteiger partial charge on any atom is 0.409 e. The van der Waals surface area contributed by atoms with Crippen LogP contribution in [-0.4, -0.2) is 163 Å². The van der Waals surface area contributed by atoms with Crippen LogP contribution in [0, 0.1) is 17.8 Å². The Labute approximate surface area is 456 Å². The molecule has 1 aromatic carbocycles. The highest BCUT2D eigenvalue weighted by molar-refractivity contribution is 6.30. The van der Waals surface area contributed by atoms with E-state index in [-0.39, 0.29) is 36.7 Å². The van der Waals surface area contributed by atoms with Gasteiger partial charge in [-0.25, -0.2) is 14.4 Å². The molecule has 3 N–H and O–H groups in total. The molecule has 0 saturated heterocycles. The van der Waals surface area contributed by atoms with Crippen LogP contribution in [0.15, 0.2) is 47.6 Å². The number of benzene rings is 1. The lowest BCUT2D eigenvalue weighted by Crippen LogP contribution is -2.60. The highest BCUT2D eigenvalue weighted by atomic mass is 35.5. The van der Waals surface area contributed by atoms with E-state index in [0.29, 0.717) is 42.1 Å². The van der Waals surface area contributed by atoms with Crippen LogP contribution in [0.4, 0.5) is 4.79 Å². The molecule has 19 nitrogen and oxygen atoms in total. The van der Waals surface area contributed by atoms with Crippen molar-refractivity contribution in [3.63, 3.8) is 0 Å². The minimum atomic E-state index is -1.67. The molecule has 0 spiro atoms. The SMILES string of the molecule is C/C=C(\C)[C@H]1OC(=O)C(C)(C)NC(=O)[C@H]([C@H](C)CC)NC(=O)CN(C)C(=O)[C@@H](Cc2ccc(Cl)cc2)N(C)C(=O)[C@H](C)NC(=O)[C@@H](CC(C)C)OC(=O)/C(C)=C/C[C@H](OC(=O)N(C)CCCCCCN(C)C(C)=O)[C@@H]1C. The zero-order chi connectivity index (χ0) is 57.8. The van der Waals surface area contributed by atoms with Gasteiger partial charge >= 0.3 is 18.0 Å². The van der Waals surface area contributed by atoms with Gasteiger partial charge in [0.1, 0.15) is 35.9 Å². The Bertz CT molecular complexity index is 2230. The molecular formula is C56H88ClN7O12. The van der Waals surface area contributed by atoms with Crippen molar-refractivity contribution in [2.24, 2.45) is 17.8 Å². The van der Waals surface area contributed by atoms with Crippen molar-refractivity contribution in [1.82, 2.24) is 35.6 Å². The van der Waals surface area contributed by atoms with Gasteiger partial charge in [0.2, 0.25) is 29.5 Å². The second-order valence-corrected chi connectivity index (χ2v) is 21.8. The van der Waals surface area contributed by atoms with Gasteiger partial charge in [-0.2, -0.15) is 0 Å². The molecule has 0 aliphatic carbocycles. The van der Waals surface area contributed by atoms with Crippen molar-refractivity contribution < 1.29 is 57.4 Å². The monoisotopic (exact) mass is 1090 g/mol. The summed E-state index contributed by atoms with van der Waals surface area (Å²) in [7, 11) is 6.16. The fourth-order valence-electron chi connectivity index (χ4n) is 8.33. The van der Waals surface area contributed by atoms with E-state index in [1.54, 1.807) is 77.0 Å². The van der Waals surface area contributed by atoms with E-state index in [9.17, 15) is 43.2 Å². The third-order valence-corrected chi connectivity index (χ3v) is 14.2. The molecule has 426 valence electrons. The summed E-state index contributed by atoms with van der Waals surface area (Å²) in [6.45, 7) is 20.4. The molecule has 0 fully saturated rings. The van der Waals surface area contributed by atoms with E-state index < -0.39 is 108 Å². The second kappa shape index (κ2) is 31.3. The van der Waals surface area contributed by atoms with Crippen LogP contribution in [-0.2, 0) is 59.0 Å². The maximum absolute atomic E-state index is 14.4. The number of amides is 7. The lowest BCUT2D eigenvalue weighted by atomic mass is 9.90. The molecule has 0 unspecified atom stereocenters. The van der Waals surface area contributed by atoms with Crippen LogP contribution in [0.2, 0.25) is 5.02 Å². The van der Waals surface area contributed by atoms with E-state index in [1.165, 1.54) is 64.6 Å². The number of esters is 2. The first-order valence-corrected chi connectivity index (χ1v) is 26.9. The number of unbranched alkanes of at least 4 members (excludes halogenated alkanes) is 3. The molecule has 76 heavy (non-hydrogen) atoms. The number of ether oxygens (including phenoxy) is 3. The van der Waals surface area contributed by atoms with E-state index >= 15 is 0 Å². The van der Waals surface area contributed by atoms with Gasteiger partial charge in [-0.15, -0.1) is 0 Å². The summed E-state index contributed by atoms with van der Waals surface area (Å²) in [6.07, 6.45) is 2.84. The molecule has 20 heteroatoms. The van der Waals surface area contributed by atoms with Crippen LogP contribution in [0.5, 0.6) is 0 Å². The number of likely N-dealkylation sites (N-methyl/N-ethyl adjacent to an activating group) is 2. The zero-order valence-corrected chi connectivity index (χ0v) is 48.8. The summed E-state index contributed by atoms with van der Waals surface area (Å²) in [5.41, 5.74) is -0.347. The topological polar surface area (TPSA) is 230 Å². The normalized spacial score (nSPS) is 24.6. The third-order valence-electron chi connectivity index (χ3n) is 13.9. The van der Waals surface area contributed by atoms with Crippen LogP contribution in [0.25, 0.3) is 0 Å². The first kappa shape index (κ1) is 66.1. The first-order chi connectivity index (χ1) is 35.4. The average Bonchev–Trinajstić information content (AvgIpc) is 3.36. The smallest absolute Gasteiger partial charge is 0.409 e. The molecule has 2 rings (SSSR count). The van der Waals surface area contributed by atoms with Gasteiger partial charge in [0.05, 0.1) is 6.54 Å². The number of nitrogens with zero attached hydrogens (tertiary/aromatic N) is 4. The largest absolute Gasteiger partial charge is 0.456 e. The first-order valence-electron chi connectivity index (χ1n) is 26.5. The number of cyclic esters (lactones) is 2. The van der Waals surface area contributed by atoms with Gasteiger partial charge < -0.3 is 49.8 Å². The summed E-state index contributed by atoms with van der Waals surface area (Å²) >= 11 is 6.16. The van der Waals surface area contributed by atoms with Gasteiger partial charge in [0, 0.05) is 77.6 Å². The van der Waals surface area contributed by atoms with E-state index in [1.807, 2.05) is 20.8 Å². The number of halogens is 1. The Morgan fingerprint density at radius 3 is 2.03 bits per heavy atom. The standard InChI is InChI=1S/C56H88ClN7O12/c1-17-35(5)47-50(68)60-56(11,12)54(72)76-48(36(6)18-2)38(8)44(75-55(73)62(14)30-22-20-19-21-29-61(13)40(10)65)28-23-37(7)53(71)74-45(31-34(3)4)49(67)58-39(9)51(69)64(16)43(32-41-24-26-42(57)27-25-41)52(70)63(15)33-46(66)59-47/h18,23-27,34-35,38-39,43-45,47-48H,17,19-22,28-33H2,1-16H3,(H,58,67)(H,59,66)(H,60,68)/b36-18+,37-23+/t35-,38+,39+,43-,44+,45-,47+,48-/m1/s1. The lowest BCUT2D eigenvalue weighted by Gasteiger charge is -2.35. The van der Waals surface area contributed by atoms with Crippen LogP contribution in [0.3, 0.4) is 0 Å². The summed E-state index contributed by atoms with van der Waals surface area (Å²) < 4.78 is 18.3. The Morgan fingerprint density at radius 2 is 1.47 bits per heavy atom. The van der Waals surface area contributed by atoms with Crippen LogP contribution < -0.4 is 16.0 Å². The minimum Gasteiger partial charge on any atom is -0.456 e. The van der Waals surface area contributed by atoms with Gasteiger partial charge in [-0.1, -0.05) is 89.8 Å². The van der Waals surface area contributed by atoms with Gasteiger partial charge in [-0.05, 0) is 95.9 Å². The molecule has 1 aliphatic heterocycles. The highest BCUT2D eigenvalue weighted by Crippen LogP contribution is 2.28. The van der Waals surface area contributed by atoms with Crippen molar-refractivity contribution in [3.05, 3.63) is 58.1 Å². The van der Waals surface area contributed by atoms with Crippen LogP contribution in [0.1, 0.15) is 134 Å². The third kappa shape index (κ3) is 20.9. The highest BCUT2D eigenvalue weighted by Gasteiger charge is 2.41. The maximum atomic E-state index is 14.4. The number of allylic oxidation sites excluding steroid dienone is 1. The molecule has 0 saturated carbocycles. The lowest BCUT2D eigenvalue weighted by molar-refractivity contribution is -0.160. The summed E-state index contributed by atoms with van der Waals surface area (Å²) in [4.78, 5) is 130. The predicted molar refractivity (Wildman–Crippen MR) is 291 cm³/mol. The number of rotatable bonds is 15. The fraction of sp³-hybridized carbons (Fsp3) is 0.661. The molecule has 1 aliphatic rings. The number of nitrogens with one attached hydrogen (secondary N) is 3. The number of carbonyl (C=O) groups excluding carboxylic acids is 9. The Kier molecular flexibility index (Phi) is 27.2. The zero-order valence-electron chi connectivity index (χ0n) is 48.0. The number of hydrogen-bond donors (Lipinski definition) is 3. The summed E-state index contributed by atoms with van der Waals surface area (Å²) in [5.74, 6) is -6.42. The van der Waals surface area contributed by atoms with Crippen molar-refractivity contribution in [3.8, 4) is 0 Å². The van der Waals surface area contributed by atoms with Gasteiger partial charge in [0.15, 0.2) is 6.10 Å². The second-order valence-electron chi connectivity index (χ2n) is 21.3. The molecule has 0 aromatic heterocycles. The van der Waals surface area contributed by atoms with Gasteiger partial charge in [-0.3, -0.25) is 28.8 Å². The molecular weight excluding hydrogens is 998 g/mol. The van der Waals surface area contributed by atoms with E-state index in [0.717, 1.165) is 24.2 Å². The van der Waals surface area contributed by atoms with Crippen molar-refractivity contribution in [2.45, 2.75) is 176 Å². The van der Waals surface area contributed by atoms with E-state index in [4.69, 9.17) is 25.8 Å². The summed E-state index contributed by atoms with van der Waals surface area (Å²) in [6, 6.07) is 3.12. The predicted octanol–water partition coefficient (Wildman–Crippen LogP) is 6.40. The van der Waals surface area contributed by atoms with Crippen molar-refractivity contribution in [2.75, 3.05) is 47.8 Å². The molecule has 8 atom stereocenters. The minimum absolute atomic E-state index is 0.000215.